The molecule has 0 aliphatic heterocycles. The molecule has 0 N–H and O–H groups in total. The fourth-order valence-corrected chi connectivity index (χ4v) is 3.41. The Morgan fingerprint density at radius 3 is 2.63 bits per heavy atom. The number of imidazole rings is 2. The van der Waals surface area contributed by atoms with Crippen molar-refractivity contribution in [3.63, 3.8) is 0 Å². The van der Waals surface area contributed by atoms with E-state index in [9.17, 15) is 18.0 Å². The molecular formula is C21H18F3N5O. The van der Waals surface area contributed by atoms with Gasteiger partial charge in [0, 0.05) is 24.5 Å². The number of aryl methyl sites for hydroxylation is 1. The van der Waals surface area contributed by atoms with Crippen LogP contribution >= 0.6 is 0 Å². The van der Waals surface area contributed by atoms with E-state index in [1.807, 2.05) is 17.6 Å². The van der Waals surface area contributed by atoms with Gasteiger partial charge in [-0.2, -0.15) is 13.2 Å². The summed E-state index contributed by atoms with van der Waals surface area (Å²) in [4.78, 5) is 24.3. The molecule has 6 nitrogen and oxygen atoms in total. The van der Waals surface area contributed by atoms with Crippen LogP contribution in [-0.4, -0.2) is 29.9 Å². The second-order valence-corrected chi connectivity index (χ2v) is 6.82. The molecule has 0 unspecified atom stereocenters. The van der Waals surface area contributed by atoms with Crippen molar-refractivity contribution in [2.45, 2.75) is 33.1 Å². The van der Waals surface area contributed by atoms with Gasteiger partial charge in [-0.05, 0) is 44.2 Å². The molecule has 3 heterocycles. The number of nitrogens with zero attached hydrogens (tertiary/aromatic N) is 5. The van der Waals surface area contributed by atoms with E-state index in [1.54, 1.807) is 22.9 Å². The topological polar surface area (TPSA) is 65.6 Å². The smallest absolute Gasteiger partial charge is 0.327 e. The van der Waals surface area contributed by atoms with Gasteiger partial charge in [-0.25, -0.2) is 15.0 Å². The van der Waals surface area contributed by atoms with Gasteiger partial charge < -0.3 is 9.13 Å². The predicted molar refractivity (Wildman–Crippen MR) is 105 cm³/mol. The minimum atomic E-state index is -4.53. The Bertz CT molecular complexity index is 1240. The van der Waals surface area contributed by atoms with Gasteiger partial charge >= 0.3 is 6.18 Å². The molecule has 4 rings (SSSR count). The molecule has 0 fully saturated rings. The average molecular weight is 413 g/mol. The summed E-state index contributed by atoms with van der Waals surface area (Å²) in [5, 5.41) is 0. The number of Topliss-reactive ketones (excluding diaryl/α,β-unsaturated/α-hetero) is 1. The van der Waals surface area contributed by atoms with Crippen LogP contribution in [-0.2, 0) is 19.3 Å². The lowest BCUT2D eigenvalue weighted by atomic mass is 10.1. The number of carbonyl (C=O) groups is 1. The van der Waals surface area contributed by atoms with E-state index < -0.39 is 11.9 Å². The molecule has 0 bridgehead atoms. The monoisotopic (exact) mass is 413 g/mol. The first-order chi connectivity index (χ1) is 14.3. The van der Waals surface area contributed by atoms with E-state index in [2.05, 4.69) is 15.0 Å². The Kier molecular flexibility index (Phi) is 4.89. The molecule has 0 radical (unpaired) electrons. The zero-order valence-corrected chi connectivity index (χ0v) is 16.3. The van der Waals surface area contributed by atoms with Crippen molar-refractivity contribution in [2.75, 3.05) is 0 Å². The molecule has 0 saturated heterocycles. The number of carbonyl (C=O) groups excluding carboxylic acids is 1. The van der Waals surface area contributed by atoms with Crippen molar-refractivity contribution in [2.24, 2.45) is 0 Å². The molecule has 0 aliphatic rings. The van der Waals surface area contributed by atoms with Crippen molar-refractivity contribution < 1.29 is 18.0 Å². The SMILES string of the molecule is CCn1c(Cn2ccnc2-c2cccc(C(F)(F)F)n2)nc2cc(C(C)=O)ccc21. The van der Waals surface area contributed by atoms with Gasteiger partial charge in [0.05, 0.1) is 17.6 Å². The van der Waals surface area contributed by atoms with Crippen molar-refractivity contribution in [3.05, 3.63) is 65.9 Å². The number of hydrogen-bond acceptors (Lipinski definition) is 4. The lowest BCUT2D eigenvalue weighted by Gasteiger charge is -2.11. The van der Waals surface area contributed by atoms with Gasteiger partial charge in [0.1, 0.15) is 17.2 Å². The van der Waals surface area contributed by atoms with Crippen LogP contribution in [0, 0.1) is 0 Å². The summed E-state index contributed by atoms with van der Waals surface area (Å²) < 4.78 is 42.8. The molecular weight excluding hydrogens is 395 g/mol. The number of ketones is 1. The van der Waals surface area contributed by atoms with Crippen LogP contribution in [0.25, 0.3) is 22.6 Å². The summed E-state index contributed by atoms with van der Waals surface area (Å²) in [6, 6.07) is 9.11. The molecule has 9 heteroatoms. The third-order valence-electron chi connectivity index (χ3n) is 4.85. The minimum absolute atomic E-state index is 0.0444. The highest BCUT2D eigenvalue weighted by molar-refractivity contribution is 5.97. The van der Waals surface area contributed by atoms with Crippen molar-refractivity contribution in [3.8, 4) is 11.5 Å². The fraction of sp³-hybridized carbons (Fsp3) is 0.238. The molecule has 0 spiro atoms. The van der Waals surface area contributed by atoms with Crippen LogP contribution in [0.1, 0.15) is 35.7 Å². The summed E-state index contributed by atoms with van der Waals surface area (Å²) in [7, 11) is 0. The first-order valence-corrected chi connectivity index (χ1v) is 9.33. The van der Waals surface area contributed by atoms with Crippen molar-refractivity contribution in [1.29, 1.82) is 0 Å². The summed E-state index contributed by atoms with van der Waals surface area (Å²) >= 11 is 0. The fourth-order valence-electron chi connectivity index (χ4n) is 3.41. The number of pyridine rings is 1. The standard InChI is InChI=1S/C21H18F3N5O/c1-3-29-17-8-7-14(13(2)30)11-16(17)27-19(29)12-28-10-9-25-20(28)15-5-4-6-18(26-15)21(22,23)24/h4-11H,3,12H2,1-2H3. The zero-order chi connectivity index (χ0) is 21.5. The number of aromatic nitrogens is 5. The number of rotatable bonds is 5. The summed E-state index contributed by atoms with van der Waals surface area (Å²) in [5.74, 6) is 0.983. The lowest BCUT2D eigenvalue weighted by Crippen LogP contribution is -2.11. The third-order valence-corrected chi connectivity index (χ3v) is 4.85. The molecule has 0 saturated carbocycles. The Morgan fingerprint density at radius 1 is 1.13 bits per heavy atom. The largest absolute Gasteiger partial charge is 0.433 e. The lowest BCUT2D eigenvalue weighted by molar-refractivity contribution is -0.141. The first-order valence-electron chi connectivity index (χ1n) is 9.33. The van der Waals surface area contributed by atoms with Gasteiger partial charge in [0.15, 0.2) is 11.6 Å². The summed E-state index contributed by atoms with van der Waals surface area (Å²) in [6.07, 6.45) is -1.33. The van der Waals surface area contributed by atoms with Crippen LogP contribution < -0.4 is 0 Å². The maximum atomic E-state index is 13.0. The minimum Gasteiger partial charge on any atom is -0.327 e. The van der Waals surface area contributed by atoms with E-state index in [0.717, 1.165) is 11.6 Å². The summed E-state index contributed by atoms with van der Waals surface area (Å²) in [5.41, 5.74) is 1.32. The van der Waals surface area contributed by atoms with Crippen LogP contribution in [0.3, 0.4) is 0 Å². The van der Waals surface area contributed by atoms with Gasteiger partial charge in [-0.3, -0.25) is 4.79 Å². The third kappa shape index (κ3) is 3.58. The molecule has 154 valence electrons. The number of halogens is 3. The second-order valence-electron chi connectivity index (χ2n) is 6.82. The molecule has 0 amide bonds. The Balaban J connectivity index is 1.74. The van der Waals surface area contributed by atoms with E-state index >= 15 is 0 Å². The highest BCUT2D eigenvalue weighted by Gasteiger charge is 2.32. The van der Waals surface area contributed by atoms with Crippen LogP contribution in [0.5, 0.6) is 0 Å². The van der Waals surface area contributed by atoms with Crippen molar-refractivity contribution >= 4 is 16.8 Å². The summed E-state index contributed by atoms with van der Waals surface area (Å²) in [6.45, 7) is 4.42. The molecule has 1 aromatic carbocycles. The van der Waals surface area contributed by atoms with Gasteiger partial charge in [0.2, 0.25) is 0 Å². The Hall–Kier alpha value is -3.49. The number of alkyl halides is 3. The number of fused-ring (bicyclic) bond motifs is 1. The van der Waals surface area contributed by atoms with E-state index in [4.69, 9.17) is 0 Å². The van der Waals surface area contributed by atoms with Gasteiger partial charge in [-0.1, -0.05) is 6.07 Å². The second kappa shape index (κ2) is 7.40. The maximum absolute atomic E-state index is 13.0. The van der Waals surface area contributed by atoms with E-state index in [1.165, 1.54) is 25.3 Å². The average Bonchev–Trinajstić information content (AvgIpc) is 3.30. The van der Waals surface area contributed by atoms with E-state index in [-0.39, 0.29) is 11.5 Å². The Labute approximate surface area is 170 Å². The normalized spacial score (nSPS) is 11.9. The van der Waals surface area contributed by atoms with E-state index in [0.29, 0.717) is 35.8 Å². The zero-order valence-electron chi connectivity index (χ0n) is 16.3. The van der Waals surface area contributed by atoms with Crippen LogP contribution in [0.15, 0.2) is 48.8 Å². The highest BCUT2D eigenvalue weighted by atomic mass is 19.4. The van der Waals surface area contributed by atoms with Crippen LogP contribution in [0.2, 0.25) is 0 Å². The quantitative estimate of drug-likeness (QED) is 0.449. The van der Waals surface area contributed by atoms with Crippen LogP contribution in [0.4, 0.5) is 13.2 Å². The molecule has 30 heavy (non-hydrogen) atoms. The Morgan fingerprint density at radius 2 is 1.93 bits per heavy atom. The molecule has 4 aromatic rings. The van der Waals surface area contributed by atoms with Gasteiger partial charge in [0.25, 0.3) is 0 Å². The number of benzene rings is 1. The maximum Gasteiger partial charge on any atom is 0.433 e. The predicted octanol–water partition coefficient (Wildman–Crippen LogP) is 4.58. The molecule has 0 aliphatic carbocycles. The molecule has 0 atom stereocenters. The van der Waals surface area contributed by atoms with Crippen molar-refractivity contribution in [1.82, 2.24) is 24.1 Å². The number of hydrogen-bond donors (Lipinski definition) is 0. The highest BCUT2D eigenvalue weighted by Crippen LogP contribution is 2.29. The van der Waals surface area contributed by atoms with Gasteiger partial charge in [-0.15, -0.1) is 0 Å². The molecule has 3 aromatic heterocycles. The first kappa shape index (κ1) is 19.8.